The molecule has 4 aromatic rings. The fourth-order valence-electron chi connectivity index (χ4n) is 2.56. The Morgan fingerprint density at radius 1 is 0.950 bits per heavy atom. The minimum Gasteiger partial charge on any atom is -0.342 e. The topological polar surface area (TPSA) is 58.6 Å². The van der Waals surface area contributed by atoms with E-state index in [0.29, 0.717) is 0 Å². The molecule has 0 fully saturated rings. The number of aryl methyl sites for hydroxylation is 2. The van der Waals surface area contributed by atoms with Crippen molar-refractivity contribution in [3.05, 3.63) is 47.8 Å². The molecule has 0 amide bonds. The van der Waals surface area contributed by atoms with Crippen molar-refractivity contribution in [1.29, 1.82) is 0 Å². The van der Waals surface area contributed by atoms with Crippen molar-refractivity contribution in [2.45, 2.75) is 13.8 Å². The number of nitrogens with one attached hydrogen (secondary N) is 3. The predicted octanol–water partition coefficient (Wildman–Crippen LogP) is 3.14. The number of hydrogen-bond donors (Lipinski definition) is 2. The standard InChI is InChI=1S/C16H14N4/c1-9-3-5-11(6-4-9)16-19-14-7-12-13(8-15(14)20-16)18-10(2)17-12/h3-8H,1-2H3,(H,17,18)(H,19,20)/p+1. The van der Waals surface area contributed by atoms with Gasteiger partial charge in [0.25, 0.3) is 5.82 Å². The first-order valence-corrected chi connectivity index (χ1v) is 6.67. The highest BCUT2D eigenvalue weighted by atomic mass is 14.9. The average Bonchev–Trinajstić information content (AvgIpc) is 2.97. The Morgan fingerprint density at radius 3 is 2.55 bits per heavy atom. The van der Waals surface area contributed by atoms with Gasteiger partial charge in [-0.05, 0) is 26.0 Å². The summed E-state index contributed by atoms with van der Waals surface area (Å²) in [5.74, 6) is 1.95. The van der Waals surface area contributed by atoms with Gasteiger partial charge in [-0.25, -0.2) is 15.0 Å². The molecule has 4 rings (SSSR count). The van der Waals surface area contributed by atoms with Gasteiger partial charge in [0.2, 0.25) is 0 Å². The molecular weight excluding hydrogens is 248 g/mol. The molecule has 2 aromatic heterocycles. The second kappa shape index (κ2) is 3.93. The number of imidazole rings is 2. The molecule has 0 atom stereocenters. The fraction of sp³-hybridized carbons (Fsp3) is 0.125. The molecule has 0 radical (unpaired) electrons. The summed E-state index contributed by atoms with van der Waals surface area (Å²) in [5.41, 5.74) is 6.61. The van der Waals surface area contributed by atoms with Crippen LogP contribution >= 0.6 is 0 Å². The Labute approximate surface area is 115 Å². The zero-order valence-corrected chi connectivity index (χ0v) is 11.4. The highest BCUT2D eigenvalue weighted by molar-refractivity contribution is 5.90. The number of benzene rings is 2. The first kappa shape index (κ1) is 11.2. The number of aromatic amines is 3. The molecule has 98 valence electrons. The zero-order valence-electron chi connectivity index (χ0n) is 11.4. The summed E-state index contributed by atoms with van der Waals surface area (Å²) >= 11 is 0. The van der Waals surface area contributed by atoms with E-state index in [1.165, 1.54) is 5.56 Å². The van der Waals surface area contributed by atoms with Crippen molar-refractivity contribution in [2.75, 3.05) is 0 Å². The summed E-state index contributed by atoms with van der Waals surface area (Å²) in [6, 6.07) is 12.6. The van der Waals surface area contributed by atoms with E-state index in [4.69, 9.17) is 0 Å². The van der Waals surface area contributed by atoms with E-state index in [0.717, 1.165) is 39.3 Å². The summed E-state index contributed by atoms with van der Waals surface area (Å²) in [5, 5.41) is 0. The molecule has 0 saturated heterocycles. The molecule has 20 heavy (non-hydrogen) atoms. The van der Waals surface area contributed by atoms with E-state index in [1.54, 1.807) is 0 Å². The van der Waals surface area contributed by atoms with Crippen LogP contribution in [0.2, 0.25) is 0 Å². The van der Waals surface area contributed by atoms with Gasteiger partial charge < -0.3 is 4.98 Å². The van der Waals surface area contributed by atoms with E-state index >= 15 is 0 Å². The van der Waals surface area contributed by atoms with E-state index in [2.05, 4.69) is 63.3 Å². The summed E-state index contributed by atoms with van der Waals surface area (Å²) in [4.78, 5) is 14.6. The van der Waals surface area contributed by atoms with Crippen molar-refractivity contribution >= 4 is 22.1 Å². The van der Waals surface area contributed by atoms with Crippen molar-refractivity contribution in [1.82, 2.24) is 15.0 Å². The Hall–Kier alpha value is -2.62. The molecular formula is C16H15N4+. The Balaban J connectivity index is 1.91. The molecule has 0 aliphatic rings. The maximum Gasteiger partial charge on any atom is 0.285 e. The lowest BCUT2D eigenvalue weighted by atomic mass is 10.1. The van der Waals surface area contributed by atoms with Crippen LogP contribution in [-0.4, -0.2) is 15.0 Å². The number of fused-ring (bicyclic) bond motifs is 2. The minimum atomic E-state index is 0.936. The van der Waals surface area contributed by atoms with Gasteiger partial charge >= 0.3 is 0 Å². The van der Waals surface area contributed by atoms with Gasteiger partial charge in [0.15, 0.2) is 11.0 Å². The van der Waals surface area contributed by atoms with Gasteiger partial charge in [0.1, 0.15) is 5.82 Å². The lowest BCUT2D eigenvalue weighted by molar-refractivity contribution is -0.330. The fourth-order valence-corrected chi connectivity index (χ4v) is 2.56. The first-order chi connectivity index (χ1) is 9.69. The molecule has 0 unspecified atom stereocenters. The Kier molecular flexibility index (Phi) is 2.21. The quantitative estimate of drug-likeness (QED) is 0.544. The monoisotopic (exact) mass is 263 g/mol. The van der Waals surface area contributed by atoms with Crippen LogP contribution in [0.3, 0.4) is 0 Å². The van der Waals surface area contributed by atoms with Crippen LogP contribution < -0.4 is 4.98 Å². The molecule has 2 aromatic carbocycles. The van der Waals surface area contributed by atoms with Crippen LogP contribution in [0.15, 0.2) is 36.4 Å². The molecule has 2 heterocycles. The minimum absolute atomic E-state index is 0.936. The highest BCUT2D eigenvalue weighted by Gasteiger charge is 2.14. The van der Waals surface area contributed by atoms with E-state index in [1.807, 2.05) is 6.92 Å². The Morgan fingerprint density at radius 2 is 1.75 bits per heavy atom. The second-order valence-electron chi connectivity index (χ2n) is 5.23. The number of H-pyrrole nitrogens is 3. The van der Waals surface area contributed by atoms with Crippen molar-refractivity contribution in [3.8, 4) is 11.4 Å². The highest BCUT2D eigenvalue weighted by Crippen LogP contribution is 2.21. The lowest BCUT2D eigenvalue weighted by Crippen LogP contribution is -2.02. The molecule has 0 bridgehead atoms. The summed E-state index contributed by atoms with van der Waals surface area (Å²) in [6.45, 7) is 4.06. The van der Waals surface area contributed by atoms with E-state index in [-0.39, 0.29) is 0 Å². The Bertz CT molecular complexity index is 862. The molecule has 0 spiro atoms. The third-order valence-corrected chi connectivity index (χ3v) is 3.60. The lowest BCUT2D eigenvalue weighted by Gasteiger charge is -1.92. The van der Waals surface area contributed by atoms with Crippen LogP contribution in [0.1, 0.15) is 11.4 Å². The molecule has 0 saturated carbocycles. The average molecular weight is 263 g/mol. The van der Waals surface area contributed by atoms with Gasteiger partial charge in [-0.2, -0.15) is 0 Å². The van der Waals surface area contributed by atoms with Gasteiger partial charge in [0, 0.05) is 12.1 Å². The van der Waals surface area contributed by atoms with Crippen LogP contribution in [0.25, 0.3) is 33.5 Å². The van der Waals surface area contributed by atoms with Gasteiger partial charge in [0.05, 0.1) is 16.6 Å². The largest absolute Gasteiger partial charge is 0.342 e. The summed E-state index contributed by atoms with van der Waals surface area (Å²) in [7, 11) is 0. The molecule has 0 aliphatic heterocycles. The number of nitrogens with zero attached hydrogens (tertiary/aromatic N) is 1. The third-order valence-electron chi connectivity index (χ3n) is 3.60. The van der Waals surface area contributed by atoms with Gasteiger partial charge in [-0.3, -0.25) is 0 Å². The van der Waals surface area contributed by atoms with Crippen molar-refractivity contribution in [3.63, 3.8) is 0 Å². The third kappa shape index (κ3) is 1.69. The summed E-state index contributed by atoms with van der Waals surface area (Å²) < 4.78 is 0. The van der Waals surface area contributed by atoms with Crippen molar-refractivity contribution in [2.24, 2.45) is 0 Å². The molecule has 0 aliphatic carbocycles. The zero-order chi connectivity index (χ0) is 13.7. The number of aromatic nitrogens is 4. The van der Waals surface area contributed by atoms with Crippen LogP contribution in [0.4, 0.5) is 0 Å². The number of hydrogen-bond acceptors (Lipinski definition) is 1. The molecule has 4 nitrogen and oxygen atoms in total. The van der Waals surface area contributed by atoms with Gasteiger partial charge in [-0.1, -0.05) is 17.7 Å². The van der Waals surface area contributed by atoms with Gasteiger partial charge in [-0.15, -0.1) is 0 Å². The predicted molar refractivity (Wildman–Crippen MR) is 79.4 cm³/mol. The van der Waals surface area contributed by atoms with Crippen LogP contribution in [0, 0.1) is 13.8 Å². The second-order valence-corrected chi connectivity index (χ2v) is 5.23. The van der Waals surface area contributed by atoms with E-state index in [9.17, 15) is 0 Å². The van der Waals surface area contributed by atoms with Crippen LogP contribution in [-0.2, 0) is 0 Å². The SMILES string of the molecule is Cc1ccc(-c2[nH]c3cc4[nH]c(C)nc4cc3[nH+]2)cc1. The van der Waals surface area contributed by atoms with E-state index < -0.39 is 0 Å². The maximum absolute atomic E-state index is 4.47. The number of rotatable bonds is 1. The normalized spacial score (nSPS) is 11.5. The van der Waals surface area contributed by atoms with Crippen LogP contribution in [0.5, 0.6) is 0 Å². The molecule has 4 heteroatoms. The molecule has 3 N–H and O–H groups in total. The summed E-state index contributed by atoms with van der Waals surface area (Å²) in [6.07, 6.45) is 0. The maximum atomic E-state index is 4.47. The smallest absolute Gasteiger partial charge is 0.285 e. The van der Waals surface area contributed by atoms with Crippen molar-refractivity contribution < 1.29 is 4.98 Å². The first-order valence-electron chi connectivity index (χ1n) is 6.67.